The Balaban J connectivity index is 0.000000250. The van der Waals surface area contributed by atoms with Gasteiger partial charge in [-0.2, -0.15) is 0 Å². The minimum Gasteiger partial charge on any atom is -0.305 e. The van der Waals surface area contributed by atoms with Crippen LogP contribution in [0, 0.1) is 26.0 Å². The molecule has 0 aliphatic rings. The molecular formula is C44H32IrN4-2. The van der Waals surface area contributed by atoms with Crippen LogP contribution in [0.25, 0.3) is 66.9 Å². The molecule has 239 valence electrons. The van der Waals surface area contributed by atoms with E-state index >= 15 is 0 Å². The molecule has 5 aromatic carbocycles. The molecule has 8 rings (SSSR count). The maximum absolute atomic E-state index is 4.79. The maximum atomic E-state index is 4.79. The van der Waals surface area contributed by atoms with E-state index in [1.807, 2.05) is 66.9 Å². The number of pyridine rings is 2. The van der Waals surface area contributed by atoms with Gasteiger partial charge in [-0.3, -0.25) is 9.97 Å². The van der Waals surface area contributed by atoms with Crippen LogP contribution in [-0.2, 0) is 20.1 Å². The standard InChI is InChI=1S/C32H22N3.C12H10N.Ir/c1-22-26(23-9-3-2-4-10-23)13-8-14-27(22)29-17-16-28(31-32(29)35-20-19-34-31)24-11-7-12-25(21-24)30-15-5-6-18-33-30;1-10-7-8-13-12(9-10)11-5-3-2-4-6-11;/h2-11,13-21H,1H3;2-5,7-9H,1H3;/q2*-1;. The van der Waals surface area contributed by atoms with Crippen molar-refractivity contribution in [2.24, 2.45) is 0 Å². The van der Waals surface area contributed by atoms with E-state index in [4.69, 9.17) is 9.97 Å². The fraction of sp³-hybridized carbons (Fsp3) is 0.0455. The summed E-state index contributed by atoms with van der Waals surface area (Å²) in [5.74, 6) is 0. The molecule has 0 amide bonds. The Bertz CT molecular complexity index is 2310. The summed E-state index contributed by atoms with van der Waals surface area (Å²) in [7, 11) is 0. The molecule has 5 heteroatoms. The van der Waals surface area contributed by atoms with E-state index in [1.54, 1.807) is 18.6 Å². The van der Waals surface area contributed by atoms with Crippen LogP contribution in [0.5, 0.6) is 0 Å². The number of aromatic nitrogens is 4. The van der Waals surface area contributed by atoms with Crippen molar-refractivity contribution in [3.05, 3.63) is 182 Å². The van der Waals surface area contributed by atoms with Gasteiger partial charge in [0.1, 0.15) is 0 Å². The summed E-state index contributed by atoms with van der Waals surface area (Å²) in [5, 5.41) is 0. The summed E-state index contributed by atoms with van der Waals surface area (Å²) >= 11 is 0. The number of hydrogen-bond donors (Lipinski definition) is 0. The molecule has 0 spiro atoms. The van der Waals surface area contributed by atoms with Crippen molar-refractivity contribution in [3.63, 3.8) is 0 Å². The number of aryl methyl sites for hydroxylation is 1. The summed E-state index contributed by atoms with van der Waals surface area (Å²) in [6.45, 7) is 4.24. The van der Waals surface area contributed by atoms with Gasteiger partial charge in [-0.25, -0.2) is 0 Å². The van der Waals surface area contributed by atoms with Gasteiger partial charge in [0.05, 0.1) is 11.0 Å². The molecule has 0 aliphatic heterocycles. The third kappa shape index (κ3) is 7.44. The fourth-order valence-corrected chi connectivity index (χ4v) is 5.91. The van der Waals surface area contributed by atoms with Crippen LogP contribution < -0.4 is 0 Å². The van der Waals surface area contributed by atoms with E-state index in [2.05, 4.69) is 109 Å². The molecule has 3 heterocycles. The maximum Gasteiger partial charge on any atom is 0.0970 e. The van der Waals surface area contributed by atoms with Crippen molar-refractivity contribution in [2.75, 3.05) is 0 Å². The molecule has 0 N–H and O–H groups in total. The Morgan fingerprint density at radius 2 is 1.14 bits per heavy atom. The summed E-state index contributed by atoms with van der Waals surface area (Å²) in [5.41, 5.74) is 14.9. The third-order valence-electron chi connectivity index (χ3n) is 8.29. The zero-order valence-electron chi connectivity index (χ0n) is 27.1. The Labute approximate surface area is 301 Å². The van der Waals surface area contributed by atoms with Gasteiger partial charge in [0.25, 0.3) is 0 Å². The van der Waals surface area contributed by atoms with E-state index in [0.717, 1.165) is 50.2 Å². The van der Waals surface area contributed by atoms with Crippen LogP contribution in [0.2, 0.25) is 0 Å². The SMILES string of the molecule is Cc1c(-c2ccccc2)cccc1-c1ccc(-c2cc[c-]c(-c3ccccn3)c2)c2nccnc12.Cc1ccnc(-c2[c-]cccc2)c1.[Ir]. The van der Waals surface area contributed by atoms with Crippen molar-refractivity contribution in [1.29, 1.82) is 0 Å². The molecule has 49 heavy (non-hydrogen) atoms. The second-order valence-electron chi connectivity index (χ2n) is 11.5. The molecule has 1 radical (unpaired) electrons. The van der Waals surface area contributed by atoms with Crippen LogP contribution in [0.4, 0.5) is 0 Å². The van der Waals surface area contributed by atoms with Gasteiger partial charge in [0, 0.05) is 50.5 Å². The Morgan fingerprint density at radius 1 is 0.429 bits per heavy atom. The largest absolute Gasteiger partial charge is 0.305 e. The van der Waals surface area contributed by atoms with E-state index in [9.17, 15) is 0 Å². The van der Waals surface area contributed by atoms with Crippen LogP contribution in [0.3, 0.4) is 0 Å². The van der Waals surface area contributed by atoms with Gasteiger partial charge in [-0.1, -0.05) is 90.0 Å². The Kier molecular flexibility index (Phi) is 10.6. The molecule has 0 saturated heterocycles. The number of fused-ring (bicyclic) bond motifs is 1. The zero-order chi connectivity index (χ0) is 32.7. The molecule has 0 atom stereocenters. The van der Waals surface area contributed by atoms with Crippen molar-refractivity contribution in [2.45, 2.75) is 13.8 Å². The van der Waals surface area contributed by atoms with Gasteiger partial charge >= 0.3 is 0 Å². The molecule has 0 unspecified atom stereocenters. The predicted octanol–water partition coefficient (Wildman–Crippen LogP) is 10.7. The third-order valence-corrected chi connectivity index (χ3v) is 8.29. The first-order valence-corrected chi connectivity index (χ1v) is 15.9. The minimum atomic E-state index is 0. The Hall–Kier alpha value is -5.61. The molecule has 8 aromatic rings. The predicted molar refractivity (Wildman–Crippen MR) is 196 cm³/mol. The van der Waals surface area contributed by atoms with Crippen molar-refractivity contribution in [1.82, 2.24) is 19.9 Å². The molecular weight excluding hydrogens is 777 g/mol. The first kappa shape index (κ1) is 33.3. The quantitative estimate of drug-likeness (QED) is 0.163. The summed E-state index contributed by atoms with van der Waals surface area (Å²) < 4.78 is 0. The minimum absolute atomic E-state index is 0. The van der Waals surface area contributed by atoms with Gasteiger partial charge in [0.15, 0.2) is 0 Å². The second-order valence-corrected chi connectivity index (χ2v) is 11.5. The van der Waals surface area contributed by atoms with Crippen LogP contribution in [0.1, 0.15) is 11.1 Å². The van der Waals surface area contributed by atoms with E-state index < -0.39 is 0 Å². The molecule has 0 bridgehead atoms. The average molecular weight is 809 g/mol. The first-order chi connectivity index (χ1) is 23.7. The van der Waals surface area contributed by atoms with Crippen LogP contribution >= 0.6 is 0 Å². The van der Waals surface area contributed by atoms with Crippen molar-refractivity contribution >= 4 is 11.0 Å². The normalized spacial score (nSPS) is 10.5. The van der Waals surface area contributed by atoms with Crippen molar-refractivity contribution < 1.29 is 20.1 Å². The fourth-order valence-electron chi connectivity index (χ4n) is 5.91. The molecule has 0 fully saturated rings. The first-order valence-electron chi connectivity index (χ1n) is 15.9. The van der Waals surface area contributed by atoms with Gasteiger partial charge in [0.2, 0.25) is 0 Å². The van der Waals surface area contributed by atoms with E-state index in [1.165, 1.54) is 27.8 Å². The number of hydrogen-bond acceptors (Lipinski definition) is 4. The summed E-state index contributed by atoms with van der Waals surface area (Å²) in [4.78, 5) is 18.3. The number of nitrogens with zero attached hydrogens (tertiary/aromatic N) is 4. The zero-order valence-corrected chi connectivity index (χ0v) is 29.5. The summed E-state index contributed by atoms with van der Waals surface area (Å²) in [6.07, 6.45) is 7.16. The van der Waals surface area contributed by atoms with Crippen LogP contribution in [-0.4, -0.2) is 19.9 Å². The van der Waals surface area contributed by atoms with Crippen molar-refractivity contribution in [3.8, 4) is 55.9 Å². The number of benzene rings is 5. The summed E-state index contributed by atoms with van der Waals surface area (Å²) in [6, 6.07) is 51.7. The molecule has 4 nitrogen and oxygen atoms in total. The van der Waals surface area contributed by atoms with Crippen LogP contribution in [0.15, 0.2) is 158 Å². The second kappa shape index (κ2) is 15.5. The topological polar surface area (TPSA) is 51.6 Å². The molecule has 3 aromatic heterocycles. The van der Waals surface area contributed by atoms with Gasteiger partial charge in [-0.05, 0) is 65.2 Å². The van der Waals surface area contributed by atoms with Gasteiger partial charge < -0.3 is 9.97 Å². The van der Waals surface area contributed by atoms with E-state index in [-0.39, 0.29) is 20.1 Å². The average Bonchev–Trinajstić information content (AvgIpc) is 3.16. The van der Waals surface area contributed by atoms with E-state index in [0.29, 0.717) is 0 Å². The smallest absolute Gasteiger partial charge is 0.0970 e. The van der Waals surface area contributed by atoms with Gasteiger partial charge in [-0.15, -0.1) is 65.7 Å². The molecule has 0 saturated carbocycles. The Morgan fingerprint density at radius 3 is 1.90 bits per heavy atom. The monoisotopic (exact) mass is 809 g/mol. The number of rotatable bonds is 5. The molecule has 0 aliphatic carbocycles.